The third-order valence-electron chi connectivity index (χ3n) is 1.98. The maximum atomic E-state index is 4.34. The van der Waals surface area contributed by atoms with Gasteiger partial charge in [-0.05, 0) is 5.92 Å². The van der Waals surface area contributed by atoms with Gasteiger partial charge in [0.15, 0.2) is 0 Å². The Kier molecular flexibility index (Phi) is 4.14. The summed E-state index contributed by atoms with van der Waals surface area (Å²) in [4.78, 5) is 7.66. The molecule has 0 aliphatic rings. The molecule has 0 saturated heterocycles. The first-order chi connectivity index (χ1) is 6.58. The lowest BCUT2D eigenvalue weighted by Crippen LogP contribution is -2.21. The average Bonchev–Trinajstić information content (AvgIpc) is 2.47. The van der Waals surface area contributed by atoms with Crippen LogP contribution >= 0.6 is 0 Å². The summed E-state index contributed by atoms with van der Waals surface area (Å²) in [6.07, 6.45) is 2.95. The minimum atomic E-state index is 0.520. The number of rotatable bonds is 5. The van der Waals surface area contributed by atoms with Crippen LogP contribution in [0.3, 0.4) is 0 Å². The van der Waals surface area contributed by atoms with Crippen LogP contribution in [0.4, 0.5) is 0 Å². The van der Waals surface area contributed by atoms with Crippen molar-refractivity contribution < 1.29 is 0 Å². The SMILES string of the molecule is CC(C)Cc1ncc(CNC(C)C)[nH]1. The number of H-pyrrole nitrogens is 1. The number of aromatic nitrogens is 2. The molecule has 0 aromatic carbocycles. The molecule has 0 saturated carbocycles. The highest BCUT2D eigenvalue weighted by Gasteiger charge is 2.03. The third kappa shape index (κ3) is 3.92. The smallest absolute Gasteiger partial charge is 0.106 e. The molecule has 0 amide bonds. The van der Waals surface area contributed by atoms with Crippen LogP contribution in [0.5, 0.6) is 0 Å². The van der Waals surface area contributed by atoms with Gasteiger partial charge in [0.2, 0.25) is 0 Å². The highest BCUT2D eigenvalue weighted by molar-refractivity contribution is 5.01. The Hall–Kier alpha value is -0.830. The quantitative estimate of drug-likeness (QED) is 0.755. The van der Waals surface area contributed by atoms with E-state index in [1.165, 1.54) is 5.69 Å². The number of imidazole rings is 1. The molecule has 1 aromatic heterocycles. The van der Waals surface area contributed by atoms with E-state index in [-0.39, 0.29) is 0 Å². The molecule has 3 nitrogen and oxygen atoms in total. The molecule has 14 heavy (non-hydrogen) atoms. The summed E-state index contributed by atoms with van der Waals surface area (Å²) >= 11 is 0. The molecule has 80 valence electrons. The van der Waals surface area contributed by atoms with Gasteiger partial charge < -0.3 is 10.3 Å². The van der Waals surface area contributed by atoms with E-state index in [0.717, 1.165) is 18.8 Å². The van der Waals surface area contributed by atoms with E-state index in [1.807, 2.05) is 6.20 Å². The molecular weight excluding hydrogens is 174 g/mol. The first kappa shape index (κ1) is 11.2. The number of nitrogens with zero attached hydrogens (tertiary/aromatic N) is 1. The topological polar surface area (TPSA) is 40.7 Å². The zero-order valence-electron chi connectivity index (χ0n) is 9.59. The van der Waals surface area contributed by atoms with Crippen LogP contribution in [0.2, 0.25) is 0 Å². The van der Waals surface area contributed by atoms with Gasteiger partial charge in [-0.2, -0.15) is 0 Å². The summed E-state index contributed by atoms with van der Waals surface area (Å²) in [5.41, 5.74) is 1.18. The molecule has 0 unspecified atom stereocenters. The van der Waals surface area contributed by atoms with Crippen molar-refractivity contribution in [2.45, 2.75) is 46.7 Å². The molecule has 0 bridgehead atoms. The fraction of sp³-hybridized carbons (Fsp3) is 0.727. The predicted octanol–water partition coefficient (Wildman–Crippen LogP) is 2.11. The Morgan fingerprint density at radius 2 is 2.07 bits per heavy atom. The first-order valence-corrected chi connectivity index (χ1v) is 5.34. The standard InChI is InChI=1S/C11H21N3/c1-8(2)5-11-13-7-10(14-11)6-12-9(3)4/h7-9,12H,5-6H2,1-4H3,(H,13,14). The van der Waals surface area contributed by atoms with Crippen molar-refractivity contribution in [3.63, 3.8) is 0 Å². The van der Waals surface area contributed by atoms with Crippen molar-refractivity contribution in [2.24, 2.45) is 5.92 Å². The van der Waals surface area contributed by atoms with Crippen molar-refractivity contribution in [2.75, 3.05) is 0 Å². The molecule has 2 N–H and O–H groups in total. The number of hydrogen-bond donors (Lipinski definition) is 2. The first-order valence-electron chi connectivity index (χ1n) is 5.34. The molecular formula is C11H21N3. The van der Waals surface area contributed by atoms with E-state index in [0.29, 0.717) is 12.0 Å². The van der Waals surface area contributed by atoms with Crippen molar-refractivity contribution in [1.82, 2.24) is 15.3 Å². The summed E-state index contributed by atoms with van der Waals surface area (Å²) < 4.78 is 0. The second-order valence-electron chi connectivity index (χ2n) is 4.49. The average molecular weight is 195 g/mol. The van der Waals surface area contributed by atoms with Gasteiger partial charge in [0.1, 0.15) is 5.82 Å². The second kappa shape index (κ2) is 5.15. The van der Waals surface area contributed by atoms with Crippen LogP contribution in [0.25, 0.3) is 0 Å². The minimum Gasteiger partial charge on any atom is -0.345 e. The molecule has 0 radical (unpaired) electrons. The predicted molar refractivity (Wildman–Crippen MR) is 59.1 cm³/mol. The number of nitrogens with one attached hydrogen (secondary N) is 2. The molecule has 0 aliphatic heterocycles. The van der Waals surface area contributed by atoms with Crippen LogP contribution in [0, 0.1) is 5.92 Å². The van der Waals surface area contributed by atoms with E-state index in [2.05, 4.69) is 43.0 Å². The molecule has 1 rings (SSSR count). The Labute approximate surface area is 86.3 Å². The van der Waals surface area contributed by atoms with Crippen molar-refractivity contribution in [3.05, 3.63) is 17.7 Å². The normalized spacial score (nSPS) is 11.6. The summed E-state index contributed by atoms with van der Waals surface area (Å²) in [6.45, 7) is 9.57. The van der Waals surface area contributed by atoms with Gasteiger partial charge in [-0.3, -0.25) is 0 Å². The van der Waals surface area contributed by atoms with E-state index in [4.69, 9.17) is 0 Å². The Balaban J connectivity index is 2.42. The molecule has 0 fully saturated rings. The summed E-state index contributed by atoms with van der Waals surface area (Å²) in [6, 6.07) is 0.520. The van der Waals surface area contributed by atoms with E-state index in [9.17, 15) is 0 Å². The minimum absolute atomic E-state index is 0.520. The monoisotopic (exact) mass is 195 g/mol. The lowest BCUT2D eigenvalue weighted by atomic mass is 10.1. The maximum absolute atomic E-state index is 4.34. The second-order valence-corrected chi connectivity index (χ2v) is 4.49. The summed E-state index contributed by atoms with van der Waals surface area (Å²) in [5, 5.41) is 3.36. The van der Waals surface area contributed by atoms with Gasteiger partial charge in [0.05, 0.1) is 0 Å². The van der Waals surface area contributed by atoms with Crippen molar-refractivity contribution in [1.29, 1.82) is 0 Å². The largest absolute Gasteiger partial charge is 0.345 e. The van der Waals surface area contributed by atoms with Crippen LogP contribution < -0.4 is 5.32 Å². The molecule has 3 heteroatoms. The summed E-state index contributed by atoms with van der Waals surface area (Å²) in [7, 11) is 0. The molecule has 0 spiro atoms. The van der Waals surface area contributed by atoms with Gasteiger partial charge in [-0.15, -0.1) is 0 Å². The van der Waals surface area contributed by atoms with Gasteiger partial charge in [0.25, 0.3) is 0 Å². The zero-order valence-corrected chi connectivity index (χ0v) is 9.59. The Morgan fingerprint density at radius 3 is 2.64 bits per heavy atom. The van der Waals surface area contributed by atoms with Crippen LogP contribution in [0.15, 0.2) is 6.20 Å². The highest BCUT2D eigenvalue weighted by Crippen LogP contribution is 2.04. The molecule has 0 aliphatic carbocycles. The highest BCUT2D eigenvalue weighted by atomic mass is 15.0. The Morgan fingerprint density at radius 1 is 1.36 bits per heavy atom. The molecule has 1 heterocycles. The molecule has 0 atom stereocenters. The third-order valence-corrected chi connectivity index (χ3v) is 1.98. The van der Waals surface area contributed by atoms with E-state index in [1.54, 1.807) is 0 Å². The van der Waals surface area contributed by atoms with E-state index < -0.39 is 0 Å². The lowest BCUT2D eigenvalue weighted by molar-refractivity contribution is 0.579. The Bertz CT molecular complexity index is 263. The fourth-order valence-corrected chi connectivity index (χ4v) is 1.30. The number of hydrogen-bond acceptors (Lipinski definition) is 2. The van der Waals surface area contributed by atoms with Crippen molar-refractivity contribution >= 4 is 0 Å². The van der Waals surface area contributed by atoms with Gasteiger partial charge in [0, 0.05) is 30.9 Å². The lowest BCUT2D eigenvalue weighted by Gasteiger charge is -2.05. The number of aromatic amines is 1. The fourth-order valence-electron chi connectivity index (χ4n) is 1.30. The van der Waals surface area contributed by atoms with E-state index >= 15 is 0 Å². The van der Waals surface area contributed by atoms with Gasteiger partial charge >= 0.3 is 0 Å². The van der Waals surface area contributed by atoms with Crippen molar-refractivity contribution in [3.8, 4) is 0 Å². The van der Waals surface area contributed by atoms with Crippen LogP contribution in [-0.2, 0) is 13.0 Å². The summed E-state index contributed by atoms with van der Waals surface area (Å²) in [5.74, 6) is 1.76. The van der Waals surface area contributed by atoms with Gasteiger partial charge in [-0.1, -0.05) is 27.7 Å². The van der Waals surface area contributed by atoms with Crippen LogP contribution in [-0.4, -0.2) is 16.0 Å². The maximum Gasteiger partial charge on any atom is 0.106 e. The molecule has 1 aromatic rings. The van der Waals surface area contributed by atoms with Crippen LogP contribution in [0.1, 0.15) is 39.2 Å². The van der Waals surface area contributed by atoms with Gasteiger partial charge in [-0.25, -0.2) is 4.98 Å². The zero-order chi connectivity index (χ0) is 10.6.